The van der Waals surface area contributed by atoms with Crippen molar-refractivity contribution >= 4 is 33.6 Å². The number of aromatic nitrogens is 1. The van der Waals surface area contributed by atoms with Crippen LogP contribution >= 0.6 is 0 Å². The molecule has 0 N–H and O–H groups in total. The van der Waals surface area contributed by atoms with E-state index in [0.29, 0.717) is 27.9 Å². The topological polar surface area (TPSA) is 89.9 Å². The molecule has 0 fully saturated rings. The van der Waals surface area contributed by atoms with E-state index in [0.717, 1.165) is 49.0 Å². The van der Waals surface area contributed by atoms with Gasteiger partial charge in [0.1, 0.15) is 0 Å². The van der Waals surface area contributed by atoms with E-state index in [1.54, 1.807) is 24.3 Å². The smallest absolute Gasteiger partial charge is 0.263 e. The van der Waals surface area contributed by atoms with Gasteiger partial charge in [-0.2, -0.15) is 10.5 Å². The molecule has 0 bridgehead atoms. The molecule has 41 heavy (non-hydrogen) atoms. The van der Waals surface area contributed by atoms with Crippen LogP contribution in [0.4, 0.5) is 0 Å². The average molecular weight is 529 g/mol. The average Bonchev–Trinajstić information content (AvgIpc) is 3.46. The zero-order valence-electron chi connectivity index (χ0n) is 21.9. The Labute approximate surface area is 235 Å². The minimum Gasteiger partial charge on any atom is -0.308 e. The van der Waals surface area contributed by atoms with Crippen LogP contribution in [0.3, 0.4) is 0 Å². The minimum absolute atomic E-state index is 0.333. The highest BCUT2D eigenvalue weighted by Gasteiger charge is 2.36. The number of hydrogen-bond donors (Lipinski definition) is 0. The number of benzene rings is 5. The van der Waals surface area contributed by atoms with Crippen LogP contribution in [0.5, 0.6) is 0 Å². The van der Waals surface area contributed by atoms with Crippen LogP contribution in [0.15, 0.2) is 103 Å². The first-order chi connectivity index (χ1) is 20.0. The third-order valence-corrected chi connectivity index (χ3v) is 7.82. The second-order valence-electron chi connectivity index (χ2n) is 9.98. The Balaban J connectivity index is 1.60. The molecule has 6 aromatic rings. The number of imide groups is 1. The molecule has 1 aromatic heterocycles. The predicted molar refractivity (Wildman–Crippen MR) is 158 cm³/mol. The summed E-state index contributed by atoms with van der Waals surface area (Å²) in [4.78, 5) is 27.4. The van der Waals surface area contributed by atoms with E-state index in [-0.39, 0.29) is 11.8 Å². The number of amides is 2. The van der Waals surface area contributed by atoms with Crippen LogP contribution in [0, 0.1) is 22.7 Å². The van der Waals surface area contributed by atoms with Gasteiger partial charge in [-0.05, 0) is 58.7 Å². The fraction of sp³-hybridized carbons (Fsp3) is 0.0286. The lowest BCUT2D eigenvalue weighted by molar-refractivity contribution is 0.0693. The van der Waals surface area contributed by atoms with Crippen molar-refractivity contribution in [1.29, 1.82) is 10.5 Å². The van der Waals surface area contributed by atoms with Gasteiger partial charge in [0.05, 0.1) is 51.1 Å². The fourth-order valence-corrected chi connectivity index (χ4v) is 5.85. The summed E-state index contributed by atoms with van der Waals surface area (Å²) < 4.78 is 2.02. The van der Waals surface area contributed by atoms with E-state index in [9.17, 15) is 20.1 Å². The summed E-state index contributed by atoms with van der Waals surface area (Å²) in [6.07, 6.45) is 0. The van der Waals surface area contributed by atoms with Gasteiger partial charge in [0, 0.05) is 17.8 Å². The van der Waals surface area contributed by atoms with Crippen molar-refractivity contribution in [2.75, 3.05) is 7.05 Å². The molecule has 6 heteroatoms. The minimum atomic E-state index is -0.354. The van der Waals surface area contributed by atoms with E-state index < -0.39 is 0 Å². The molecule has 1 aliphatic rings. The summed E-state index contributed by atoms with van der Waals surface area (Å²) in [6.45, 7) is 0. The quantitative estimate of drug-likeness (QED) is 0.229. The number of hydrogen-bond acceptors (Lipinski definition) is 4. The Bertz CT molecular complexity index is 2080. The molecule has 1 aliphatic heterocycles. The van der Waals surface area contributed by atoms with Gasteiger partial charge in [-0.25, -0.2) is 0 Å². The Morgan fingerprint density at radius 1 is 0.585 bits per heavy atom. The molecular weight excluding hydrogens is 508 g/mol. The summed E-state index contributed by atoms with van der Waals surface area (Å²) in [5.74, 6) is -0.688. The number of rotatable bonds is 3. The van der Waals surface area contributed by atoms with Gasteiger partial charge in [-0.1, -0.05) is 66.7 Å². The normalized spacial score (nSPS) is 12.5. The zero-order chi connectivity index (χ0) is 28.2. The Hall–Kier alpha value is -5.98. The third kappa shape index (κ3) is 3.49. The van der Waals surface area contributed by atoms with Gasteiger partial charge in [-0.15, -0.1) is 0 Å². The molecule has 0 saturated carbocycles. The van der Waals surface area contributed by atoms with E-state index in [4.69, 9.17) is 0 Å². The van der Waals surface area contributed by atoms with Gasteiger partial charge in [0.15, 0.2) is 0 Å². The monoisotopic (exact) mass is 528 g/mol. The molecule has 0 saturated heterocycles. The number of nitrogens with zero attached hydrogens (tertiary/aromatic N) is 4. The summed E-state index contributed by atoms with van der Waals surface area (Å²) in [7, 11) is 1.49. The van der Waals surface area contributed by atoms with Gasteiger partial charge in [0.25, 0.3) is 11.8 Å². The molecule has 0 spiro atoms. The molecule has 0 radical (unpaired) electrons. The summed E-state index contributed by atoms with van der Waals surface area (Å²) >= 11 is 0. The summed E-state index contributed by atoms with van der Waals surface area (Å²) in [5, 5.41) is 21.4. The zero-order valence-corrected chi connectivity index (χ0v) is 21.9. The van der Waals surface area contributed by atoms with Crippen molar-refractivity contribution in [2.45, 2.75) is 0 Å². The van der Waals surface area contributed by atoms with E-state index in [2.05, 4.69) is 12.1 Å². The van der Waals surface area contributed by atoms with Crippen LogP contribution in [-0.4, -0.2) is 28.3 Å². The van der Waals surface area contributed by atoms with Gasteiger partial charge >= 0.3 is 0 Å². The Morgan fingerprint density at radius 3 is 1.63 bits per heavy atom. The maximum Gasteiger partial charge on any atom is 0.263 e. The first-order valence-corrected chi connectivity index (χ1v) is 13.0. The van der Waals surface area contributed by atoms with E-state index >= 15 is 0 Å². The lowest BCUT2D eigenvalue weighted by atomic mass is 9.98. The summed E-state index contributed by atoms with van der Waals surface area (Å²) in [5.41, 5.74) is 7.44. The van der Waals surface area contributed by atoms with Crippen molar-refractivity contribution in [3.8, 4) is 40.1 Å². The molecule has 0 unspecified atom stereocenters. The van der Waals surface area contributed by atoms with Crippen LogP contribution in [0.25, 0.3) is 49.7 Å². The molecule has 2 heterocycles. The SMILES string of the molecule is CN1C(=O)c2cccc(-n3c4cc(-c5ccccc5C#N)ccc4c4ccc(-c5ccccc5C#N)cc43)c2C1=O. The van der Waals surface area contributed by atoms with Crippen molar-refractivity contribution in [3.63, 3.8) is 0 Å². The molecule has 0 atom stereocenters. The van der Waals surface area contributed by atoms with Crippen LogP contribution in [0.1, 0.15) is 31.8 Å². The Kier molecular flexibility index (Phi) is 5.32. The Morgan fingerprint density at radius 2 is 1.10 bits per heavy atom. The molecule has 7 rings (SSSR count). The lowest BCUT2D eigenvalue weighted by Crippen LogP contribution is -2.24. The predicted octanol–water partition coefficient (Wildman–Crippen LogP) is 7.09. The molecular formula is C35H20N4O2. The first-order valence-electron chi connectivity index (χ1n) is 13.0. The number of carbonyl (C=O) groups excluding carboxylic acids is 2. The maximum absolute atomic E-state index is 13.4. The van der Waals surface area contributed by atoms with Crippen molar-refractivity contribution < 1.29 is 9.59 Å². The van der Waals surface area contributed by atoms with Crippen LogP contribution in [0.2, 0.25) is 0 Å². The second-order valence-corrected chi connectivity index (χ2v) is 9.98. The second kappa shape index (κ2) is 9.05. The van der Waals surface area contributed by atoms with Gasteiger partial charge in [-0.3, -0.25) is 14.5 Å². The molecule has 2 amide bonds. The standard InChI is InChI=1S/C35H20N4O2/c1-38-34(40)29-11-6-12-30(33(29)35(38)41)39-31-17-21(25-9-4-2-7-23(25)19-36)13-15-27(31)28-16-14-22(18-32(28)39)26-10-5-3-8-24(26)20-37/h2-18H,1H3. The summed E-state index contributed by atoms with van der Waals surface area (Å²) in [6, 6.07) is 36.9. The van der Waals surface area contributed by atoms with Crippen LogP contribution in [-0.2, 0) is 0 Å². The highest BCUT2D eigenvalue weighted by Crippen LogP contribution is 2.40. The van der Waals surface area contributed by atoms with Gasteiger partial charge < -0.3 is 4.57 Å². The number of nitriles is 2. The number of carbonyl (C=O) groups is 2. The maximum atomic E-state index is 13.4. The highest BCUT2D eigenvalue weighted by atomic mass is 16.2. The lowest BCUT2D eigenvalue weighted by Gasteiger charge is -2.13. The largest absolute Gasteiger partial charge is 0.308 e. The number of fused-ring (bicyclic) bond motifs is 4. The van der Waals surface area contributed by atoms with Crippen molar-refractivity contribution in [1.82, 2.24) is 9.47 Å². The van der Waals surface area contributed by atoms with E-state index in [1.807, 2.05) is 83.4 Å². The molecule has 6 nitrogen and oxygen atoms in total. The molecule has 0 aliphatic carbocycles. The van der Waals surface area contributed by atoms with Crippen LogP contribution < -0.4 is 0 Å². The van der Waals surface area contributed by atoms with Gasteiger partial charge in [0.2, 0.25) is 0 Å². The molecule has 5 aromatic carbocycles. The fourth-order valence-electron chi connectivity index (χ4n) is 5.85. The van der Waals surface area contributed by atoms with Crippen molar-refractivity contribution in [2.24, 2.45) is 0 Å². The molecule has 192 valence electrons. The third-order valence-electron chi connectivity index (χ3n) is 7.82. The van der Waals surface area contributed by atoms with Crippen molar-refractivity contribution in [3.05, 3.63) is 125 Å². The van der Waals surface area contributed by atoms with E-state index in [1.165, 1.54) is 7.05 Å². The first kappa shape index (κ1) is 24.1. The highest BCUT2D eigenvalue weighted by molar-refractivity contribution is 6.23.